The Morgan fingerprint density at radius 2 is 2.27 bits per heavy atom. The molecular weight excluding hydrogens is 144 g/mol. The molecule has 11 heavy (non-hydrogen) atoms. The van der Waals surface area contributed by atoms with E-state index in [4.69, 9.17) is 5.11 Å². The summed E-state index contributed by atoms with van der Waals surface area (Å²) in [5, 5.41) is 8.46. The van der Waals surface area contributed by atoms with Crippen LogP contribution in [-0.4, -0.2) is 16.9 Å². The minimum absolute atomic E-state index is 0.0486. The van der Waals surface area contributed by atoms with E-state index in [1.807, 2.05) is 13.8 Å². The lowest BCUT2D eigenvalue weighted by molar-refractivity contribution is -0.149. The highest BCUT2D eigenvalue weighted by Crippen LogP contribution is 2.44. The average molecular weight is 156 g/mol. The topological polar surface area (TPSA) is 54.4 Å². The monoisotopic (exact) mass is 156 g/mol. The van der Waals surface area contributed by atoms with E-state index in [1.165, 1.54) is 0 Å². The van der Waals surface area contributed by atoms with Crippen LogP contribution >= 0.6 is 0 Å². The van der Waals surface area contributed by atoms with Crippen LogP contribution in [0.4, 0.5) is 0 Å². The fraction of sp³-hybridized carbons (Fsp3) is 0.750. The molecule has 0 aromatic carbocycles. The van der Waals surface area contributed by atoms with Gasteiger partial charge in [-0.3, -0.25) is 9.59 Å². The van der Waals surface area contributed by atoms with Gasteiger partial charge in [0.2, 0.25) is 0 Å². The van der Waals surface area contributed by atoms with Crippen LogP contribution < -0.4 is 0 Å². The molecule has 0 radical (unpaired) electrons. The molecule has 0 spiro atoms. The van der Waals surface area contributed by atoms with E-state index in [2.05, 4.69) is 0 Å². The first-order chi connectivity index (χ1) is 4.94. The van der Waals surface area contributed by atoms with E-state index in [9.17, 15) is 9.59 Å². The zero-order valence-corrected chi connectivity index (χ0v) is 6.76. The van der Waals surface area contributed by atoms with E-state index in [0.29, 0.717) is 6.42 Å². The molecule has 1 atom stereocenters. The van der Waals surface area contributed by atoms with Gasteiger partial charge < -0.3 is 5.11 Å². The van der Waals surface area contributed by atoms with E-state index >= 15 is 0 Å². The number of carbonyl (C=O) groups excluding carboxylic acids is 1. The molecule has 1 N–H and O–H groups in total. The normalized spacial score (nSPS) is 27.8. The van der Waals surface area contributed by atoms with Gasteiger partial charge in [-0.2, -0.15) is 0 Å². The number of carboxylic acid groups (broad SMARTS) is 1. The largest absolute Gasteiger partial charge is 0.481 e. The first-order valence-electron chi connectivity index (χ1n) is 3.69. The van der Waals surface area contributed by atoms with Gasteiger partial charge in [-0.15, -0.1) is 0 Å². The number of ketones is 1. The highest BCUT2D eigenvalue weighted by Gasteiger charge is 2.47. The molecule has 1 aliphatic carbocycles. The van der Waals surface area contributed by atoms with Gasteiger partial charge in [0.25, 0.3) is 0 Å². The minimum atomic E-state index is -0.810. The van der Waals surface area contributed by atoms with Crippen molar-refractivity contribution in [3.63, 3.8) is 0 Å². The second-order valence-electron chi connectivity index (χ2n) is 3.64. The Morgan fingerprint density at radius 3 is 2.55 bits per heavy atom. The van der Waals surface area contributed by atoms with Gasteiger partial charge in [0.1, 0.15) is 5.78 Å². The summed E-state index contributed by atoms with van der Waals surface area (Å²) in [4.78, 5) is 21.2. The van der Waals surface area contributed by atoms with Crippen molar-refractivity contribution in [2.24, 2.45) is 11.3 Å². The Hall–Kier alpha value is -0.860. The zero-order chi connectivity index (χ0) is 8.65. The molecule has 62 valence electrons. The standard InChI is InChI=1S/C8H12O3/c1-8(2)5(3-6(8)9)4-7(10)11/h5H,3-4H2,1-2H3,(H,10,11). The van der Waals surface area contributed by atoms with Crippen molar-refractivity contribution in [1.82, 2.24) is 0 Å². The van der Waals surface area contributed by atoms with Crippen molar-refractivity contribution in [3.05, 3.63) is 0 Å². The molecule has 3 nitrogen and oxygen atoms in total. The fourth-order valence-electron chi connectivity index (χ4n) is 1.38. The van der Waals surface area contributed by atoms with Crippen molar-refractivity contribution >= 4 is 11.8 Å². The summed E-state index contributed by atoms with van der Waals surface area (Å²) in [5.41, 5.74) is -0.390. The predicted molar refractivity (Wildman–Crippen MR) is 39.1 cm³/mol. The van der Waals surface area contributed by atoms with E-state index < -0.39 is 11.4 Å². The smallest absolute Gasteiger partial charge is 0.303 e. The Morgan fingerprint density at radius 1 is 1.73 bits per heavy atom. The third-order valence-corrected chi connectivity index (χ3v) is 2.59. The van der Waals surface area contributed by atoms with Crippen LogP contribution in [0.15, 0.2) is 0 Å². The van der Waals surface area contributed by atoms with Crippen molar-refractivity contribution in [2.75, 3.05) is 0 Å². The summed E-state index contributed by atoms with van der Waals surface area (Å²) < 4.78 is 0. The molecule has 0 aromatic heterocycles. The number of rotatable bonds is 2. The van der Waals surface area contributed by atoms with Gasteiger partial charge in [-0.05, 0) is 5.92 Å². The van der Waals surface area contributed by atoms with Gasteiger partial charge in [-0.1, -0.05) is 13.8 Å². The lowest BCUT2D eigenvalue weighted by Gasteiger charge is -2.41. The van der Waals surface area contributed by atoms with Crippen LogP contribution in [0.5, 0.6) is 0 Å². The molecule has 0 aromatic rings. The third kappa shape index (κ3) is 1.27. The quantitative estimate of drug-likeness (QED) is 0.650. The molecule has 0 bridgehead atoms. The molecule has 1 aliphatic rings. The number of hydrogen-bond acceptors (Lipinski definition) is 2. The molecule has 0 aliphatic heterocycles. The van der Waals surface area contributed by atoms with Crippen LogP contribution in [0, 0.1) is 11.3 Å². The number of hydrogen-bond donors (Lipinski definition) is 1. The zero-order valence-electron chi connectivity index (χ0n) is 6.76. The number of aliphatic carboxylic acids is 1. The maximum absolute atomic E-state index is 11.0. The maximum atomic E-state index is 11.0. The van der Waals surface area contributed by atoms with Gasteiger partial charge in [-0.25, -0.2) is 0 Å². The van der Waals surface area contributed by atoms with Crippen molar-refractivity contribution in [2.45, 2.75) is 26.7 Å². The van der Waals surface area contributed by atoms with Gasteiger partial charge in [0.15, 0.2) is 0 Å². The van der Waals surface area contributed by atoms with E-state index in [1.54, 1.807) is 0 Å². The lowest BCUT2D eigenvalue weighted by atomic mass is 9.60. The summed E-state index contributed by atoms with van der Waals surface area (Å²) >= 11 is 0. The number of carbonyl (C=O) groups is 2. The van der Waals surface area contributed by atoms with Crippen LogP contribution in [-0.2, 0) is 9.59 Å². The predicted octanol–water partition coefficient (Wildman–Crippen LogP) is 1.08. The Labute approximate surface area is 65.4 Å². The van der Waals surface area contributed by atoms with E-state index in [0.717, 1.165) is 0 Å². The van der Waals surface area contributed by atoms with Crippen LogP contribution in [0.2, 0.25) is 0 Å². The summed E-state index contributed by atoms with van der Waals surface area (Å²) in [6, 6.07) is 0. The second-order valence-corrected chi connectivity index (χ2v) is 3.64. The third-order valence-electron chi connectivity index (χ3n) is 2.59. The fourth-order valence-corrected chi connectivity index (χ4v) is 1.38. The minimum Gasteiger partial charge on any atom is -0.481 e. The lowest BCUT2D eigenvalue weighted by Crippen LogP contribution is -2.46. The van der Waals surface area contributed by atoms with Crippen molar-refractivity contribution in [3.8, 4) is 0 Å². The van der Waals surface area contributed by atoms with E-state index in [-0.39, 0.29) is 18.1 Å². The van der Waals surface area contributed by atoms with Crippen molar-refractivity contribution < 1.29 is 14.7 Å². The molecule has 0 saturated heterocycles. The van der Waals surface area contributed by atoms with Crippen LogP contribution in [0.1, 0.15) is 26.7 Å². The number of Topliss-reactive ketones (excluding diaryl/α,β-unsaturated/α-hetero) is 1. The second kappa shape index (κ2) is 2.32. The summed E-state index contributed by atoms with van der Waals surface area (Å²) in [5.74, 6) is -0.577. The van der Waals surface area contributed by atoms with Gasteiger partial charge in [0, 0.05) is 18.3 Å². The highest BCUT2D eigenvalue weighted by molar-refractivity contribution is 5.91. The first kappa shape index (κ1) is 8.24. The Kier molecular flexibility index (Phi) is 1.74. The molecular formula is C8H12O3. The molecule has 1 fully saturated rings. The SMILES string of the molecule is CC1(C)C(=O)CC1CC(=O)O. The average Bonchev–Trinajstić information content (AvgIpc) is 1.87. The Bertz CT molecular complexity index is 205. The highest BCUT2D eigenvalue weighted by atomic mass is 16.4. The van der Waals surface area contributed by atoms with Gasteiger partial charge in [0.05, 0.1) is 0 Å². The molecule has 1 saturated carbocycles. The Balaban J connectivity index is 2.53. The molecule has 0 amide bonds. The first-order valence-corrected chi connectivity index (χ1v) is 3.69. The molecule has 1 rings (SSSR count). The molecule has 3 heteroatoms. The summed E-state index contributed by atoms with van der Waals surface area (Å²) in [6.45, 7) is 3.62. The summed E-state index contributed by atoms with van der Waals surface area (Å²) in [6.07, 6.45) is 0.567. The molecule has 1 unspecified atom stereocenters. The van der Waals surface area contributed by atoms with Crippen molar-refractivity contribution in [1.29, 1.82) is 0 Å². The molecule has 0 heterocycles. The maximum Gasteiger partial charge on any atom is 0.303 e. The van der Waals surface area contributed by atoms with Crippen LogP contribution in [0.25, 0.3) is 0 Å². The van der Waals surface area contributed by atoms with Crippen LogP contribution in [0.3, 0.4) is 0 Å². The summed E-state index contributed by atoms with van der Waals surface area (Å²) in [7, 11) is 0. The van der Waals surface area contributed by atoms with Gasteiger partial charge >= 0.3 is 5.97 Å². The number of carboxylic acids is 1.